The molecule has 4 unspecified atom stereocenters. The van der Waals surface area contributed by atoms with Gasteiger partial charge in [0.1, 0.15) is 0 Å². The van der Waals surface area contributed by atoms with E-state index in [4.69, 9.17) is 25.8 Å². The van der Waals surface area contributed by atoms with Crippen molar-refractivity contribution in [3.8, 4) is 0 Å². The van der Waals surface area contributed by atoms with E-state index < -0.39 is 34.7 Å². The monoisotopic (exact) mass is 466 g/mol. The number of allylic oxidation sites excluding steroid dienone is 4. The van der Waals surface area contributed by atoms with Crippen LogP contribution in [0.15, 0.2) is 23.8 Å². The maximum Gasteiger partial charge on any atom is 0.509 e. The van der Waals surface area contributed by atoms with Crippen molar-refractivity contribution in [3.05, 3.63) is 23.8 Å². The Kier molecular flexibility index (Phi) is 5.95. The Morgan fingerprint density at radius 1 is 1.25 bits per heavy atom. The van der Waals surface area contributed by atoms with Gasteiger partial charge in [0.2, 0.25) is 5.60 Å². The van der Waals surface area contributed by atoms with Crippen molar-refractivity contribution in [1.82, 2.24) is 0 Å². The Hall–Kier alpha value is -1.86. The van der Waals surface area contributed by atoms with Crippen molar-refractivity contribution in [3.63, 3.8) is 0 Å². The molecule has 7 atom stereocenters. The Labute approximate surface area is 193 Å². The second kappa shape index (κ2) is 8.17. The molecule has 0 heterocycles. The standard InChI is InChI=1S/C24H31ClO7/c1-4-30-21(29)32-24(20(28)31-13-25)10-8-17-16-6-5-14-11-15(26)7-9-22(14,2)19(16)18(27)12-23(17,24)3/h7,9,11,16-19,27H,4-6,8,10,12-13H2,1-3H3/t16?,17?,18?,19?,22-,23-,24-/m0/s1. The highest BCUT2D eigenvalue weighted by atomic mass is 35.5. The van der Waals surface area contributed by atoms with Gasteiger partial charge in [-0.15, -0.1) is 0 Å². The number of alkyl halides is 1. The lowest BCUT2D eigenvalue weighted by Crippen LogP contribution is -2.62. The first-order chi connectivity index (χ1) is 15.1. The Morgan fingerprint density at radius 3 is 2.69 bits per heavy atom. The summed E-state index contributed by atoms with van der Waals surface area (Å²) < 4.78 is 15.9. The fourth-order valence-electron chi connectivity index (χ4n) is 7.31. The van der Waals surface area contributed by atoms with E-state index in [9.17, 15) is 19.5 Å². The third kappa shape index (κ3) is 3.23. The fraction of sp³-hybridized carbons (Fsp3) is 0.708. The van der Waals surface area contributed by atoms with Crippen molar-refractivity contribution in [2.45, 2.75) is 64.6 Å². The van der Waals surface area contributed by atoms with Crippen LogP contribution in [0.5, 0.6) is 0 Å². The molecule has 0 radical (unpaired) electrons. The summed E-state index contributed by atoms with van der Waals surface area (Å²) in [5, 5.41) is 11.5. The number of esters is 1. The molecule has 4 aliphatic rings. The molecule has 4 aliphatic carbocycles. The van der Waals surface area contributed by atoms with Gasteiger partial charge in [0.05, 0.1) is 12.7 Å². The minimum absolute atomic E-state index is 0.0161. The van der Waals surface area contributed by atoms with E-state index in [0.29, 0.717) is 6.42 Å². The summed E-state index contributed by atoms with van der Waals surface area (Å²) in [5.41, 5.74) is -1.76. The number of fused-ring (bicyclic) bond motifs is 5. The lowest BCUT2D eigenvalue weighted by atomic mass is 9.46. The van der Waals surface area contributed by atoms with Gasteiger partial charge in [-0.3, -0.25) is 4.79 Å². The van der Waals surface area contributed by atoms with E-state index in [1.165, 1.54) is 0 Å². The van der Waals surface area contributed by atoms with Gasteiger partial charge >= 0.3 is 12.1 Å². The first-order valence-electron chi connectivity index (χ1n) is 11.3. The molecule has 3 saturated carbocycles. The van der Waals surface area contributed by atoms with Crippen LogP contribution in [0.4, 0.5) is 4.79 Å². The molecule has 176 valence electrons. The number of aliphatic hydroxyl groups excluding tert-OH is 1. The van der Waals surface area contributed by atoms with Crippen molar-refractivity contribution in [1.29, 1.82) is 0 Å². The van der Waals surface area contributed by atoms with Gasteiger partial charge in [-0.25, -0.2) is 9.59 Å². The molecule has 0 amide bonds. The first-order valence-corrected chi connectivity index (χ1v) is 11.9. The van der Waals surface area contributed by atoms with E-state index >= 15 is 0 Å². The minimum atomic E-state index is -1.57. The second-order valence-electron chi connectivity index (χ2n) is 9.90. The molecular formula is C24H31ClO7. The van der Waals surface area contributed by atoms with E-state index in [1.807, 2.05) is 13.0 Å². The molecule has 0 aromatic rings. The fourth-order valence-corrected chi connectivity index (χ4v) is 7.41. The summed E-state index contributed by atoms with van der Waals surface area (Å²) in [5.74, 6) is -0.676. The average Bonchev–Trinajstić information content (AvgIpc) is 3.01. The molecule has 0 saturated heterocycles. The van der Waals surface area contributed by atoms with Crippen LogP contribution >= 0.6 is 11.6 Å². The molecule has 4 rings (SSSR count). The summed E-state index contributed by atoms with van der Waals surface area (Å²) in [7, 11) is 0. The predicted octanol–water partition coefficient (Wildman–Crippen LogP) is 3.92. The molecule has 0 aromatic carbocycles. The van der Waals surface area contributed by atoms with Crippen molar-refractivity contribution >= 4 is 29.5 Å². The van der Waals surface area contributed by atoms with Crippen LogP contribution in [0.3, 0.4) is 0 Å². The normalized spacial score (nSPS) is 42.3. The molecule has 0 spiro atoms. The van der Waals surface area contributed by atoms with Crippen LogP contribution in [0.25, 0.3) is 0 Å². The molecule has 7 nitrogen and oxygen atoms in total. The van der Waals surface area contributed by atoms with Gasteiger partial charge in [0.15, 0.2) is 11.8 Å². The second-order valence-corrected chi connectivity index (χ2v) is 10.1. The highest BCUT2D eigenvalue weighted by Crippen LogP contribution is 2.68. The van der Waals surface area contributed by atoms with Gasteiger partial charge in [0, 0.05) is 16.7 Å². The van der Waals surface area contributed by atoms with Gasteiger partial charge in [-0.2, -0.15) is 0 Å². The summed E-state index contributed by atoms with van der Waals surface area (Å²) in [6.45, 7) is 5.77. The van der Waals surface area contributed by atoms with Gasteiger partial charge in [0.25, 0.3) is 0 Å². The summed E-state index contributed by atoms with van der Waals surface area (Å²) in [4.78, 5) is 37.5. The molecule has 8 heteroatoms. The maximum absolute atomic E-state index is 13.2. The maximum atomic E-state index is 13.2. The molecule has 0 bridgehead atoms. The van der Waals surface area contributed by atoms with Crippen LogP contribution in [0, 0.1) is 28.6 Å². The van der Waals surface area contributed by atoms with Crippen LogP contribution in [0.2, 0.25) is 0 Å². The number of hydrogen-bond acceptors (Lipinski definition) is 7. The number of halogens is 1. The van der Waals surface area contributed by atoms with E-state index in [2.05, 4.69) is 6.92 Å². The number of rotatable bonds is 4. The van der Waals surface area contributed by atoms with Crippen molar-refractivity contribution in [2.75, 3.05) is 12.7 Å². The summed E-state index contributed by atoms with van der Waals surface area (Å²) in [6.07, 6.45) is 6.31. The summed E-state index contributed by atoms with van der Waals surface area (Å²) >= 11 is 5.70. The quantitative estimate of drug-likeness (QED) is 0.495. The average molecular weight is 467 g/mol. The lowest BCUT2D eigenvalue weighted by Gasteiger charge is -2.59. The lowest BCUT2D eigenvalue weighted by molar-refractivity contribution is -0.199. The van der Waals surface area contributed by atoms with Gasteiger partial charge in [-0.05, 0) is 63.0 Å². The number of carbonyl (C=O) groups excluding carboxylic acids is 3. The molecule has 0 aliphatic heterocycles. The number of aliphatic hydroxyl groups is 1. The zero-order valence-corrected chi connectivity index (χ0v) is 19.5. The van der Waals surface area contributed by atoms with Crippen LogP contribution in [-0.2, 0) is 23.8 Å². The SMILES string of the molecule is CCOC(=O)O[C@]1(C(=O)OCCl)CCC2C3CCC4=CC(=O)C=C[C@]4(C)C3C(O)C[C@@]21C. The van der Waals surface area contributed by atoms with Crippen LogP contribution in [0.1, 0.15) is 52.9 Å². The number of carbonyl (C=O) groups is 3. The zero-order valence-electron chi connectivity index (χ0n) is 18.8. The van der Waals surface area contributed by atoms with Crippen molar-refractivity contribution < 1.29 is 33.7 Å². The van der Waals surface area contributed by atoms with Gasteiger partial charge < -0.3 is 19.3 Å². The molecular weight excluding hydrogens is 436 g/mol. The smallest absolute Gasteiger partial charge is 0.446 e. The van der Waals surface area contributed by atoms with Crippen LogP contribution in [-0.4, -0.2) is 47.4 Å². The van der Waals surface area contributed by atoms with Crippen LogP contribution < -0.4 is 0 Å². The molecule has 3 fully saturated rings. The van der Waals surface area contributed by atoms with Gasteiger partial charge in [-0.1, -0.05) is 37.1 Å². The number of ketones is 1. The first kappa shape index (κ1) is 23.3. The summed E-state index contributed by atoms with van der Waals surface area (Å²) in [6, 6.07) is -0.354. The minimum Gasteiger partial charge on any atom is -0.446 e. The van der Waals surface area contributed by atoms with E-state index in [-0.39, 0.29) is 49.1 Å². The predicted molar refractivity (Wildman–Crippen MR) is 116 cm³/mol. The Bertz CT molecular complexity index is 882. The number of hydrogen-bond donors (Lipinski definition) is 1. The Balaban J connectivity index is 1.73. The largest absolute Gasteiger partial charge is 0.509 e. The van der Waals surface area contributed by atoms with E-state index in [0.717, 1.165) is 18.4 Å². The highest BCUT2D eigenvalue weighted by molar-refractivity contribution is 6.17. The number of ether oxygens (including phenoxy) is 3. The molecule has 1 N–H and O–H groups in total. The molecule has 0 aromatic heterocycles. The molecule has 32 heavy (non-hydrogen) atoms. The topological polar surface area (TPSA) is 99.1 Å². The van der Waals surface area contributed by atoms with Crippen molar-refractivity contribution in [2.24, 2.45) is 28.6 Å². The third-order valence-corrected chi connectivity index (χ3v) is 8.76. The third-order valence-electron chi connectivity index (χ3n) is 8.65. The zero-order chi connectivity index (χ0) is 23.3. The Morgan fingerprint density at radius 2 is 2.00 bits per heavy atom. The van der Waals surface area contributed by atoms with E-state index in [1.54, 1.807) is 19.1 Å². The highest BCUT2D eigenvalue weighted by Gasteiger charge is 2.71.